The standard InChI is InChI=1S/C26H36O10/c1-13-7-8-18(33-15(3)27)24(6)19(34-16(4)28)9-10-25(12-32-25)21(24)22(35-17(5)29)26(31)14(2)23(30)36-20(26)11-13/h11,14,18-22,31H,7-10,12H2,1-6H3/t14-,18+,19+,20-,21+,22-,24+,25-,26-/m1/s1. The number of aliphatic hydroxyl groups is 1. The number of hydrogen-bond donors (Lipinski definition) is 1. The number of epoxide rings is 1. The molecular weight excluding hydrogens is 472 g/mol. The SMILES string of the molecule is CC(=O)O[C@H]1CCC(C)=C[C@H]2OC(=O)[C@@H](C)[C@]2(O)[C@H](OC(C)=O)[C@@H]2[C@@]3(CC[C@H](OC(C)=O)[C@]12C)CO3. The highest BCUT2D eigenvalue weighted by Crippen LogP contribution is 2.62. The number of ether oxygens (including phenoxy) is 5. The topological polar surface area (TPSA) is 138 Å². The Morgan fingerprint density at radius 3 is 2.11 bits per heavy atom. The molecule has 1 spiro atoms. The molecule has 2 saturated heterocycles. The molecule has 0 bridgehead atoms. The first-order valence-electron chi connectivity index (χ1n) is 12.5. The zero-order valence-corrected chi connectivity index (χ0v) is 21.7. The maximum atomic E-state index is 12.8. The monoisotopic (exact) mass is 508 g/mol. The summed E-state index contributed by atoms with van der Waals surface area (Å²) >= 11 is 0. The van der Waals surface area contributed by atoms with Gasteiger partial charge in [-0.2, -0.15) is 0 Å². The van der Waals surface area contributed by atoms with Gasteiger partial charge in [-0.1, -0.05) is 12.5 Å². The average Bonchev–Trinajstić information content (AvgIpc) is 3.50. The fraction of sp³-hybridized carbons (Fsp3) is 0.769. The third-order valence-corrected chi connectivity index (χ3v) is 8.62. The van der Waals surface area contributed by atoms with Crippen molar-refractivity contribution in [1.82, 2.24) is 0 Å². The molecule has 0 amide bonds. The summed E-state index contributed by atoms with van der Waals surface area (Å²) in [5.41, 5.74) is -3.09. The molecule has 10 nitrogen and oxygen atoms in total. The summed E-state index contributed by atoms with van der Waals surface area (Å²) < 4.78 is 29.2. The molecule has 1 saturated carbocycles. The van der Waals surface area contributed by atoms with E-state index < -0.39 is 76.7 Å². The van der Waals surface area contributed by atoms with E-state index >= 15 is 0 Å². The number of carbonyl (C=O) groups is 4. The van der Waals surface area contributed by atoms with Gasteiger partial charge < -0.3 is 28.8 Å². The minimum absolute atomic E-state index is 0.323. The third kappa shape index (κ3) is 4.22. The van der Waals surface area contributed by atoms with Crippen LogP contribution in [0, 0.1) is 17.3 Å². The molecule has 2 heterocycles. The van der Waals surface area contributed by atoms with Crippen molar-refractivity contribution >= 4 is 23.9 Å². The van der Waals surface area contributed by atoms with Crippen molar-refractivity contribution in [2.75, 3.05) is 6.61 Å². The zero-order chi connectivity index (χ0) is 26.6. The molecule has 0 aromatic heterocycles. The van der Waals surface area contributed by atoms with Crippen LogP contribution < -0.4 is 0 Å². The van der Waals surface area contributed by atoms with Crippen LogP contribution >= 0.6 is 0 Å². The summed E-state index contributed by atoms with van der Waals surface area (Å²) in [4.78, 5) is 49.8. The second kappa shape index (κ2) is 9.13. The Hall–Kier alpha value is -2.46. The molecule has 2 aliphatic carbocycles. The van der Waals surface area contributed by atoms with Crippen LogP contribution in [0.15, 0.2) is 11.6 Å². The van der Waals surface area contributed by atoms with E-state index in [9.17, 15) is 24.3 Å². The van der Waals surface area contributed by atoms with Gasteiger partial charge in [-0.3, -0.25) is 19.2 Å². The van der Waals surface area contributed by atoms with E-state index in [1.54, 1.807) is 13.0 Å². The third-order valence-electron chi connectivity index (χ3n) is 8.62. The Kier molecular flexibility index (Phi) is 6.75. The highest BCUT2D eigenvalue weighted by molar-refractivity contribution is 5.77. The molecule has 36 heavy (non-hydrogen) atoms. The Bertz CT molecular complexity index is 983. The molecule has 4 rings (SSSR count). The lowest BCUT2D eigenvalue weighted by Gasteiger charge is -2.56. The van der Waals surface area contributed by atoms with E-state index in [0.29, 0.717) is 32.3 Å². The molecule has 4 aliphatic rings. The van der Waals surface area contributed by atoms with Crippen molar-refractivity contribution in [1.29, 1.82) is 0 Å². The Morgan fingerprint density at radius 2 is 1.58 bits per heavy atom. The number of esters is 4. The fourth-order valence-electron chi connectivity index (χ4n) is 6.76. The van der Waals surface area contributed by atoms with E-state index in [1.165, 1.54) is 20.8 Å². The van der Waals surface area contributed by atoms with Crippen LogP contribution in [0.3, 0.4) is 0 Å². The summed E-state index contributed by atoms with van der Waals surface area (Å²) in [5, 5.41) is 12.3. The van der Waals surface area contributed by atoms with Crippen LogP contribution in [0.4, 0.5) is 0 Å². The van der Waals surface area contributed by atoms with Crippen LogP contribution in [0.5, 0.6) is 0 Å². The summed E-state index contributed by atoms with van der Waals surface area (Å²) in [7, 11) is 0. The molecule has 200 valence electrons. The molecule has 0 unspecified atom stereocenters. The Balaban J connectivity index is 2.00. The number of rotatable bonds is 3. The van der Waals surface area contributed by atoms with Gasteiger partial charge in [-0.25, -0.2) is 0 Å². The first-order chi connectivity index (χ1) is 16.8. The lowest BCUT2D eigenvalue weighted by Crippen LogP contribution is -2.69. The van der Waals surface area contributed by atoms with Gasteiger partial charge in [0, 0.05) is 26.7 Å². The number of hydrogen-bond acceptors (Lipinski definition) is 10. The van der Waals surface area contributed by atoms with Crippen molar-refractivity contribution < 1.29 is 48.0 Å². The molecule has 0 aromatic carbocycles. The average molecular weight is 509 g/mol. The lowest BCUT2D eigenvalue weighted by atomic mass is 9.52. The van der Waals surface area contributed by atoms with Crippen LogP contribution in [-0.2, 0) is 42.9 Å². The van der Waals surface area contributed by atoms with E-state index in [4.69, 9.17) is 23.7 Å². The van der Waals surface area contributed by atoms with Gasteiger partial charge in [0.05, 0.1) is 23.5 Å². The van der Waals surface area contributed by atoms with Gasteiger partial charge in [-0.05, 0) is 45.6 Å². The molecule has 1 N–H and O–H groups in total. The molecule has 10 heteroatoms. The molecule has 2 aliphatic heterocycles. The summed E-state index contributed by atoms with van der Waals surface area (Å²) in [6.45, 7) is 9.38. The molecule has 0 aromatic rings. The van der Waals surface area contributed by atoms with Crippen molar-refractivity contribution in [3.8, 4) is 0 Å². The van der Waals surface area contributed by atoms with Crippen molar-refractivity contribution in [2.45, 2.75) is 103 Å². The summed E-state index contributed by atoms with van der Waals surface area (Å²) in [5.74, 6) is -4.10. The molecule has 3 fully saturated rings. The normalized spacial score (nSPS) is 43.9. The largest absolute Gasteiger partial charge is 0.462 e. The van der Waals surface area contributed by atoms with Gasteiger partial charge in [0.15, 0.2) is 11.7 Å². The highest BCUT2D eigenvalue weighted by atomic mass is 16.6. The first kappa shape index (κ1) is 26.6. The smallest absolute Gasteiger partial charge is 0.312 e. The van der Waals surface area contributed by atoms with Gasteiger partial charge in [0.1, 0.15) is 18.3 Å². The second-order valence-electron chi connectivity index (χ2n) is 11.0. The molecule has 0 radical (unpaired) electrons. The second-order valence-corrected chi connectivity index (χ2v) is 11.0. The fourth-order valence-corrected chi connectivity index (χ4v) is 6.76. The lowest BCUT2D eigenvalue weighted by molar-refractivity contribution is -0.242. The van der Waals surface area contributed by atoms with Crippen LogP contribution in [-0.4, -0.2) is 71.2 Å². The molecule has 9 atom stereocenters. The van der Waals surface area contributed by atoms with Crippen molar-refractivity contribution in [2.24, 2.45) is 17.3 Å². The van der Waals surface area contributed by atoms with Gasteiger partial charge in [0.2, 0.25) is 0 Å². The number of allylic oxidation sites excluding steroid dienone is 1. The first-order valence-corrected chi connectivity index (χ1v) is 12.5. The van der Waals surface area contributed by atoms with Crippen LogP contribution in [0.2, 0.25) is 0 Å². The van der Waals surface area contributed by atoms with Gasteiger partial charge in [0.25, 0.3) is 0 Å². The Morgan fingerprint density at radius 1 is 1.03 bits per heavy atom. The molecular formula is C26H36O10. The predicted octanol–water partition coefficient (Wildman–Crippen LogP) is 2.00. The van der Waals surface area contributed by atoms with E-state index in [1.807, 2.05) is 13.8 Å². The highest BCUT2D eigenvalue weighted by Gasteiger charge is 2.74. The predicted molar refractivity (Wildman–Crippen MR) is 123 cm³/mol. The summed E-state index contributed by atoms with van der Waals surface area (Å²) in [6, 6.07) is 0. The van der Waals surface area contributed by atoms with E-state index in [2.05, 4.69) is 0 Å². The summed E-state index contributed by atoms with van der Waals surface area (Å²) in [6.07, 6.45) is -0.416. The van der Waals surface area contributed by atoms with Gasteiger partial charge >= 0.3 is 23.9 Å². The quantitative estimate of drug-likeness (QED) is 0.261. The number of carbonyl (C=O) groups excluding carboxylic acids is 4. The van der Waals surface area contributed by atoms with E-state index in [-0.39, 0.29) is 0 Å². The van der Waals surface area contributed by atoms with Crippen molar-refractivity contribution in [3.63, 3.8) is 0 Å². The maximum Gasteiger partial charge on any atom is 0.312 e. The maximum absolute atomic E-state index is 12.8. The Labute approximate surface area is 210 Å². The van der Waals surface area contributed by atoms with Crippen LogP contribution in [0.25, 0.3) is 0 Å². The van der Waals surface area contributed by atoms with E-state index in [0.717, 1.165) is 5.57 Å². The van der Waals surface area contributed by atoms with Gasteiger partial charge in [-0.15, -0.1) is 0 Å². The number of fused-ring (bicyclic) bond motifs is 3. The van der Waals surface area contributed by atoms with Crippen LogP contribution in [0.1, 0.15) is 67.2 Å². The minimum Gasteiger partial charge on any atom is -0.462 e. The van der Waals surface area contributed by atoms with Crippen molar-refractivity contribution in [3.05, 3.63) is 11.6 Å². The minimum atomic E-state index is -1.94. The zero-order valence-electron chi connectivity index (χ0n) is 21.7.